The minimum atomic E-state index is 0.297. The fourth-order valence-corrected chi connectivity index (χ4v) is 3.88. The van der Waals surface area contributed by atoms with E-state index in [9.17, 15) is 0 Å². The van der Waals surface area contributed by atoms with Gasteiger partial charge in [0, 0.05) is 11.9 Å². The van der Waals surface area contributed by atoms with Gasteiger partial charge in [0.05, 0.1) is 23.0 Å². The average molecular weight is 334 g/mol. The van der Waals surface area contributed by atoms with Crippen molar-refractivity contribution in [3.8, 4) is 0 Å². The first-order chi connectivity index (χ1) is 11.2. The molecule has 3 heterocycles. The minimum absolute atomic E-state index is 0.297. The van der Waals surface area contributed by atoms with Crippen molar-refractivity contribution in [3.05, 3.63) is 40.2 Å². The van der Waals surface area contributed by atoms with E-state index in [-0.39, 0.29) is 0 Å². The summed E-state index contributed by atoms with van der Waals surface area (Å²) in [7, 11) is 0. The number of rotatable bonds is 7. The molecule has 2 aromatic rings. The molecular weight excluding hydrogens is 306 g/mol. The summed E-state index contributed by atoms with van der Waals surface area (Å²) in [6.45, 7) is 8.79. The maximum absolute atomic E-state index is 5.45. The van der Waals surface area contributed by atoms with Gasteiger partial charge in [-0.25, -0.2) is 4.98 Å². The monoisotopic (exact) mass is 333 g/mol. The van der Waals surface area contributed by atoms with E-state index in [2.05, 4.69) is 34.4 Å². The van der Waals surface area contributed by atoms with Gasteiger partial charge in [0.1, 0.15) is 5.76 Å². The molecule has 1 unspecified atom stereocenters. The van der Waals surface area contributed by atoms with Crippen LogP contribution in [0.3, 0.4) is 0 Å². The maximum Gasteiger partial charge on any atom is 0.120 e. The predicted molar refractivity (Wildman–Crippen MR) is 94.6 cm³/mol. The zero-order chi connectivity index (χ0) is 16.1. The van der Waals surface area contributed by atoms with Crippen LogP contribution in [0.4, 0.5) is 0 Å². The van der Waals surface area contributed by atoms with Gasteiger partial charge in [0.2, 0.25) is 0 Å². The number of likely N-dealkylation sites (tertiary alicyclic amines) is 1. The second-order valence-corrected chi connectivity index (χ2v) is 7.39. The standard InChI is InChI=1S/C18H27N3OS/c1-3-18-20-16(13-23-18)12-21-8-6-15(7-9-21)11-19-14(2)17-5-4-10-22-17/h4-5,10,13-15,19H,3,6-9,11-12H2,1-2H3. The molecule has 2 aromatic heterocycles. The van der Waals surface area contributed by atoms with Gasteiger partial charge in [0.25, 0.3) is 0 Å². The lowest BCUT2D eigenvalue weighted by Gasteiger charge is -2.32. The summed E-state index contributed by atoms with van der Waals surface area (Å²) in [5, 5.41) is 7.08. The lowest BCUT2D eigenvalue weighted by Crippen LogP contribution is -2.37. The number of hydrogen-bond donors (Lipinski definition) is 1. The topological polar surface area (TPSA) is 41.3 Å². The molecule has 1 fully saturated rings. The van der Waals surface area contributed by atoms with Crippen LogP contribution in [-0.2, 0) is 13.0 Å². The Kier molecular flexibility index (Phi) is 5.86. The fraction of sp³-hybridized carbons (Fsp3) is 0.611. The Balaban J connectivity index is 1.38. The van der Waals surface area contributed by atoms with Crippen molar-refractivity contribution < 1.29 is 4.42 Å². The first kappa shape index (κ1) is 16.7. The largest absolute Gasteiger partial charge is 0.468 e. The van der Waals surface area contributed by atoms with E-state index in [0.717, 1.165) is 31.2 Å². The summed E-state index contributed by atoms with van der Waals surface area (Å²) in [5.74, 6) is 1.79. The predicted octanol–water partition coefficient (Wildman–Crippen LogP) is 3.86. The van der Waals surface area contributed by atoms with E-state index in [4.69, 9.17) is 4.42 Å². The third kappa shape index (κ3) is 4.66. The van der Waals surface area contributed by atoms with Crippen molar-refractivity contribution in [2.45, 2.75) is 45.7 Å². The molecule has 0 spiro atoms. The lowest BCUT2D eigenvalue weighted by molar-refractivity contribution is 0.171. The number of aromatic nitrogens is 1. The highest BCUT2D eigenvalue weighted by molar-refractivity contribution is 7.09. The maximum atomic E-state index is 5.45. The Labute approximate surface area is 142 Å². The van der Waals surface area contributed by atoms with Crippen molar-refractivity contribution in [1.29, 1.82) is 0 Å². The van der Waals surface area contributed by atoms with E-state index < -0.39 is 0 Å². The highest BCUT2D eigenvalue weighted by Crippen LogP contribution is 2.21. The summed E-state index contributed by atoms with van der Waals surface area (Å²) >= 11 is 1.79. The number of aryl methyl sites for hydroxylation is 1. The van der Waals surface area contributed by atoms with Gasteiger partial charge in [-0.05, 0) is 63.9 Å². The third-order valence-corrected chi connectivity index (χ3v) is 5.72. The first-order valence-corrected chi connectivity index (χ1v) is 9.55. The number of thiazole rings is 1. The van der Waals surface area contributed by atoms with Crippen LogP contribution in [0.2, 0.25) is 0 Å². The van der Waals surface area contributed by atoms with Crippen molar-refractivity contribution in [2.75, 3.05) is 19.6 Å². The van der Waals surface area contributed by atoms with Crippen LogP contribution in [-0.4, -0.2) is 29.5 Å². The van der Waals surface area contributed by atoms with Crippen LogP contribution in [0.25, 0.3) is 0 Å². The number of nitrogens with zero attached hydrogens (tertiary/aromatic N) is 2. The molecule has 0 bridgehead atoms. The van der Waals surface area contributed by atoms with Crippen LogP contribution < -0.4 is 5.32 Å². The van der Waals surface area contributed by atoms with E-state index in [1.807, 2.05) is 12.1 Å². The number of furan rings is 1. The van der Waals surface area contributed by atoms with E-state index in [0.29, 0.717) is 6.04 Å². The average Bonchev–Trinajstić information content (AvgIpc) is 3.25. The van der Waals surface area contributed by atoms with Gasteiger partial charge >= 0.3 is 0 Å². The highest BCUT2D eigenvalue weighted by atomic mass is 32.1. The Bertz CT molecular complexity index is 573. The van der Waals surface area contributed by atoms with Gasteiger partial charge in [-0.2, -0.15) is 0 Å². The van der Waals surface area contributed by atoms with Gasteiger partial charge in [-0.3, -0.25) is 4.90 Å². The summed E-state index contributed by atoms with van der Waals surface area (Å²) in [5.41, 5.74) is 1.25. The molecule has 1 atom stereocenters. The zero-order valence-corrected chi connectivity index (χ0v) is 14.9. The van der Waals surface area contributed by atoms with E-state index >= 15 is 0 Å². The molecule has 1 aliphatic heterocycles. The molecule has 3 rings (SSSR count). The van der Waals surface area contributed by atoms with Crippen LogP contribution in [0.1, 0.15) is 49.2 Å². The Morgan fingerprint density at radius 3 is 2.91 bits per heavy atom. The summed E-state index contributed by atoms with van der Waals surface area (Å²) in [6.07, 6.45) is 5.33. The van der Waals surface area contributed by atoms with Crippen molar-refractivity contribution in [2.24, 2.45) is 5.92 Å². The second kappa shape index (κ2) is 8.08. The molecular formula is C18H27N3OS. The van der Waals surface area contributed by atoms with Crippen LogP contribution in [0.5, 0.6) is 0 Å². The minimum Gasteiger partial charge on any atom is -0.468 e. The van der Waals surface area contributed by atoms with E-state index in [1.165, 1.54) is 36.6 Å². The zero-order valence-electron chi connectivity index (χ0n) is 14.1. The van der Waals surface area contributed by atoms with Gasteiger partial charge in [-0.1, -0.05) is 6.92 Å². The van der Waals surface area contributed by atoms with Gasteiger partial charge < -0.3 is 9.73 Å². The summed E-state index contributed by atoms with van der Waals surface area (Å²) < 4.78 is 5.45. The molecule has 23 heavy (non-hydrogen) atoms. The summed E-state index contributed by atoms with van der Waals surface area (Å²) in [4.78, 5) is 7.23. The molecule has 0 aromatic carbocycles. The van der Waals surface area contributed by atoms with Crippen molar-refractivity contribution in [3.63, 3.8) is 0 Å². The van der Waals surface area contributed by atoms with Crippen LogP contribution in [0.15, 0.2) is 28.2 Å². The first-order valence-electron chi connectivity index (χ1n) is 8.67. The third-order valence-electron chi connectivity index (χ3n) is 4.68. The van der Waals surface area contributed by atoms with Gasteiger partial charge in [0.15, 0.2) is 0 Å². The molecule has 5 heteroatoms. The second-order valence-electron chi connectivity index (χ2n) is 6.45. The normalized spacial score (nSPS) is 18.3. The SMILES string of the molecule is CCc1nc(CN2CCC(CNC(C)c3ccco3)CC2)cs1. The van der Waals surface area contributed by atoms with Crippen LogP contribution in [0, 0.1) is 5.92 Å². The van der Waals surface area contributed by atoms with Crippen molar-refractivity contribution in [1.82, 2.24) is 15.2 Å². The smallest absolute Gasteiger partial charge is 0.120 e. The highest BCUT2D eigenvalue weighted by Gasteiger charge is 2.20. The molecule has 0 amide bonds. The molecule has 1 aliphatic rings. The quantitative estimate of drug-likeness (QED) is 0.835. The number of nitrogens with one attached hydrogen (secondary N) is 1. The molecule has 1 saturated heterocycles. The molecule has 4 nitrogen and oxygen atoms in total. The van der Waals surface area contributed by atoms with Crippen molar-refractivity contribution >= 4 is 11.3 Å². The molecule has 0 radical (unpaired) electrons. The number of piperidine rings is 1. The molecule has 0 saturated carbocycles. The van der Waals surface area contributed by atoms with Gasteiger partial charge in [-0.15, -0.1) is 11.3 Å². The Morgan fingerprint density at radius 2 is 2.26 bits per heavy atom. The Hall–Kier alpha value is -1.17. The Morgan fingerprint density at radius 1 is 1.43 bits per heavy atom. The lowest BCUT2D eigenvalue weighted by atomic mass is 9.96. The summed E-state index contributed by atoms with van der Waals surface area (Å²) in [6, 6.07) is 4.29. The van der Waals surface area contributed by atoms with Crippen LogP contribution >= 0.6 is 11.3 Å². The molecule has 0 aliphatic carbocycles. The molecule has 126 valence electrons. The number of hydrogen-bond acceptors (Lipinski definition) is 5. The van der Waals surface area contributed by atoms with E-state index in [1.54, 1.807) is 17.6 Å². The molecule has 1 N–H and O–H groups in total. The fourth-order valence-electron chi connectivity index (χ4n) is 3.14.